The topological polar surface area (TPSA) is 79.0 Å². The third-order valence-corrected chi connectivity index (χ3v) is 6.10. The number of rotatable bonds is 7. The van der Waals surface area contributed by atoms with Gasteiger partial charge in [0.05, 0.1) is 12.8 Å². The minimum atomic E-state index is -0.746. The highest BCUT2D eigenvalue weighted by atomic mass is 16.5. The van der Waals surface area contributed by atoms with Crippen molar-refractivity contribution in [3.05, 3.63) is 71.8 Å². The number of carbonyl (C=O) groups is 3. The molecule has 0 saturated heterocycles. The molecule has 1 aliphatic heterocycles. The first-order chi connectivity index (χ1) is 16.6. The van der Waals surface area contributed by atoms with E-state index in [4.69, 9.17) is 4.74 Å². The summed E-state index contributed by atoms with van der Waals surface area (Å²) in [5.41, 5.74) is 1.68. The molecule has 1 N–H and O–H groups in total. The molecule has 0 fully saturated rings. The summed E-state index contributed by atoms with van der Waals surface area (Å²) < 4.78 is 5.32. The van der Waals surface area contributed by atoms with Crippen LogP contribution in [0.25, 0.3) is 10.8 Å². The normalized spacial score (nSPS) is 13.6. The molecule has 35 heavy (non-hydrogen) atoms. The number of ether oxygens (including phenoxy) is 1. The maximum Gasteiger partial charge on any atom is 0.259 e. The van der Waals surface area contributed by atoms with Gasteiger partial charge in [-0.1, -0.05) is 36.4 Å². The van der Waals surface area contributed by atoms with E-state index in [1.807, 2.05) is 75.4 Å². The smallest absolute Gasteiger partial charge is 0.259 e. The van der Waals surface area contributed by atoms with E-state index in [9.17, 15) is 14.4 Å². The predicted molar refractivity (Wildman–Crippen MR) is 137 cm³/mol. The Morgan fingerprint density at radius 1 is 1.06 bits per heavy atom. The third-order valence-electron chi connectivity index (χ3n) is 6.10. The fourth-order valence-electron chi connectivity index (χ4n) is 4.39. The first-order valence-electron chi connectivity index (χ1n) is 11.7. The maximum atomic E-state index is 13.7. The molecule has 0 saturated carbocycles. The Labute approximate surface area is 205 Å². The Kier molecular flexibility index (Phi) is 6.52. The lowest BCUT2D eigenvalue weighted by Crippen LogP contribution is -2.54. The average Bonchev–Trinajstić information content (AvgIpc) is 3.09. The average molecular weight is 474 g/mol. The Morgan fingerprint density at radius 2 is 1.74 bits per heavy atom. The van der Waals surface area contributed by atoms with Crippen LogP contribution in [0.15, 0.2) is 60.7 Å². The number of nitrogens with one attached hydrogen (secondary N) is 1. The molecule has 3 aromatic rings. The lowest BCUT2D eigenvalue weighted by atomic mass is 10.1. The van der Waals surface area contributed by atoms with Crippen molar-refractivity contribution in [1.82, 2.24) is 10.2 Å². The minimum absolute atomic E-state index is 0.163. The highest BCUT2D eigenvalue weighted by molar-refractivity contribution is 6.26. The summed E-state index contributed by atoms with van der Waals surface area (Å²) in [6.07, 6.45) is 0. The predicted octanol–water partition coefficient (Wildman–Crippen LogP) is 4.14. The van der Waals surface area contributed by atoms with E-state index in [2.05, 4.69) is 5.32 Å². The Bertz CT molecular complexity index is 1290. The van der Waals surface area contributed by atoms with Gasteiger partial charge in [-0.2, -0.15) is 0 Å². The van der Waals surface area contributed by atoms with Crippen LogP contribution in [0.4, 0.5) is 5.69 Å². The SMILES string of the molecule is COc1cccc(CN(C(=O)CN2C(=O)c3cccc4cccc2c34)[C@@H](C)C(=O)NC(C)(C)C)c1. The first-order valence-corrected chi connectivity index (χ1v) is 11.7. The summed E-state index contributed by atoms with van der Waals surface area (Å²) >= 11 is 0. The van der Waals surface area contributed by atoms with Crippen LogP contribution in [0.3, 0.4) is 0 Å². The van der Waals surface area contributed by atoms with E-state index in [0.29, 0.717) is 17.0 Å². The standard InChI is InChI=1S/C28H31N3O4/c1-18(26(33)29-28(2,3)4)30(16-19-9-6-12-21(15-19)35-5)24(32)17-31-23-14-8-11-20-10-7-13-22(25(20)23)27(31)34/h6-15,18H,16-17H2,1-5H3,(H,29,33)/t18-/m0/s1. The lowest BCUT2D eigenvalue weighted by molar-refractivity contribution is -0.140. The summed E-state index contributed by atoms with van der Waals surface area (Å²) in [5.74, 6) is -0.119. The number of nitrogens with zero attached hydrogens (tertiary/aromatic N) is 2. The molecule has 3 aromatic carbocycles. The van der Waals surface area contributed by atoms with Crippen LogP contribution in [0.5, 0.6) is 5.75 Å². The van der Waals surface area contributed by atoms with Crippen molar-refractivity contribution in [3.63, 3.8) is 0 Å². The van der Waals surface area contributed by atoms with Crippen LogP contribution < -0.4 is 15.0 Å². The van der Waals surface area contributed by atoms with Gasteiger partial charge in [0.2, 0.25) is 11.8 Å². The van der Waals surface area contributed by atoms with Gasteiger partial charge in [0.1, 0.15) is 18.3 Å². The number of hydrogen-bond acceptors (Lipinski definition) is 4. The second-order valence-electron chi connectivity index (χ2n) is 9.86. The number of carbonyl (C=O) groups excluding carboxylic acids is 3. The minimum Gasteiger partial charge on any atom is -0.497 e. The van der Waals surface area contributed by atoms with E-state index in [1.165, 1.54) is 9.80 Å². The van der Waals surface area contributed by atoms with E-state index >= 15 is 0 Å². The molecule has 0 aliphatic carbocycles. The molecule has 0 unspecified atom stereocenters. The molecular weight excluding hydrogens is 442 g/mol. The van der Waals surface area contributed by atoms with Crippen molar-refractivity contribution in [2.45, 2.75) is 45.8 Å². The van der Waals surface area contributed by atoms with Crippen LogP contribution >= 0.6 is 0 Å². The zero-order valence-electron chi connectivity index (χ0n) is 20.8. The van der Waals surface area contributed by atoms with Crippen LogP contribution in [0.2, 0.25) is 0 Å². The number of methoxy groups -OCH3 is 1. The van der Waals surface area contributed by atoms with E-state index < -0.39 is 11.6 Å². The number of hydrogen-bond donors (Lipinski definition) is 1. The number of amides is 3. The fraction of sp³-hybridized carbons (Fsp3) is 0.321. The molecule has 0 radical (unpaired) electrons. The van der Waals surface area contributed by atoms with Crippen molar-refractivity contribution < 1.29 is 19.1 Å². The van der Waals surface area contributed by atoms with Crippen molar-refractivity contribution in [2.75, 3.05) is 18.6 Å². The van der Waals surface area contributed by atoms with Gasteiger partial charge in [-0.15, -0.1) is 0 Å². The molecule has 1 atom stereocenters. The second kappa shape index (κ2) is 9.41. The van der Waals surface area contributed by atoms with Gasteiger partial charge < -0.3 is 15.0 Å². The summed E-state index contributed by atoms with van der Waals surface area (Å²) in [5, 5.41) is 4.76. The van der Waals surface area contributed by atoms with Crippen LogP contribution in [0, 0.1) is 0 Å². The molecule has 7 heteroatoms. The van der Waals surface area contributed by atoms with Gasteiger partial charge in [0.15, 0.2) is 0 Å². The molecule has 4 rings (SSSR count). The van der Waals surface area contributed by atoms with Crippen molar-refractivity contribution in [2.24, 2.45) is 0 Å². The molecular formula is C28H31N3O4. The maximum absolute atomic E-state index is 13.7. The zero-order chi connectivity index (χ0) is 25.3. The number of benzene rings is 3. The first kappa shape index (κ1) is 24.3. The fourth-order valence-corrected chi connectivity index (χ4v) is 4.39. The van der Waals surface area contributed by atoms with Crippen molar-refractivity contribution >= 4 is 34.2 Å². The summed E-state index contributed by atoms with van der Waals surface area (Å²) in [7, 11) is 1.58. The molecule has 1 heterocycles. The van der Waals surface area contributed by atoms with Crippen molar-refractivity contribution in [1.29, 1.82) is 0 Å². The van der Waals surface area contributed by atoms with Gasteiger partial charge in [0.25, 0.3) is 5.91 Å². The molecule has 0 bridgehead atoms. The molecule has 0 spiro atoms. The molecule has 1 aliphatic rings. The van der Waals surface area contributed by atoms with Gasteiger partial charge in [-0.05, 0) is 62.9 Å². The molecule has 0 aromatic heterocycles. The van der Waals surface area contributed by atoms with Gasteiger partial charge in [0, 0.05) is 23.0 Å². The Hall–Kier alpha value is -3.87. The molecule has 7 nitrogen and oxygen atoms in total. The monoisotopic (exact) mass is 473 g/mol. The van der Waals surface area contributed by atoms with Gasteiger partial charge in [-0.3, -0.25) is 19.3 Å². The van der Waals surface area contributed by atoms with E-state index in [0.717, 1.165) is 16.3 Å². The molecule has 182 valence electrons. The summed E-state index contributed by atoms with van der Waals surface area (Å²) in [6, 6.07) is 17.9. The van der Waals surface area contributed by atoms with E-state index in [-0.39, 0.29) is 30.8 Å². The molecule has 3 amide bonds. The van der Waals surface area contributed by atoms with Gasteiger partial charge >= 0.3 is 0 Å². The Morgan fingerprint density at radius 3 is 2.43 bits per heavy atom. The highest BCUT2D eigenvalue weighted by Gasteiger charge is 2.34. The quantitative estimate of drug-likeness (QED) is 0.559. The second-order valence-corrected chi connectivity index (χ2v) is 9.86. The van der Waals surface area contributed by atoms with Crippen molar-refractivity contribution in [3.8, 4) is 5.75 Å². The largest absolute Gasteiger partial charge is 0.497 e. The van der Waals surface area contributed by atoms with Crippen LogP contribution in [-0.2, 0) is 16.1 Å². The summed E-state index contributed by atoms with van der Waals surface area (Å²) in [6.45, 7) is 7.43. The van der Waals surface area contributed by atoms with Crippen LogP contribution in [-0.4, -0.2) is 47.9 Å². The highest BCUT2D eigenvalue weighted by Crippen LogP contribution is 2.37. The third kappa shape index (κ3) is 4.99. The Balaban J connectivity index is 1.64. The lowest BCUT2D eigenvalue weighted by Gasteiger charge is -2.32. The summed E-state index contributed by atoms with van der Waals surface area (Å²) in [4.78, 5) is 43.0. The van der Waals surface area contributed by atoms with Crippen LogP contribution in [0.1, 0.15) is 43.6 Å². The zero-order valence-corrected chi connectivity index (χ0v) is 20.8. The van der Waals surface area contributed by atoms with Gasteiger partial charge in [-0.25, -0.2) is 0 Å². The van der Waals surface area contributed by atoms with E-state index in [1.54, 1.807) is 20.1 Å². The number of anilines is 1.